The Morgan fingerprint density at radius 1 is 1.13 bits per heavy atom. The summed E-state index contributed by atoms with van der Waals surface area (Å²) in [7, 11) is 0. The molecule has 0 fully saturated rings. The largest absolute Gasteiger partial charge is 0.480 e. The van der Waals surface area contributed by atoms with Crippen LogP contribution < -0.4 is 10.2 Å². The second kappa shape index (κ2) is 10.2. The number of anilines is 1. The van der Waals surface area contributed by atoms with E-state index in [9.17, 15) is 19.5 Å². The summed E-state index contributed by atoms with van der Waals surface area (Å²) in [5.41, 5.74) is 2.50. The Balaban J connectivity index is 1.75. The molecule has 7 nitrogen and oxygen atoms in total. The van der Waals surface area contributed by atoms with E-state index in [2.05, 4.69) is 5.32 Å². The molecular formula is C24H28N2O5. The van der Waals surface area contributed by atoms with Crippen molar-refractivity contribution in [1.29, 1.82) is 0 Å². The van der Waals surface area contributed by atoms with Gasteiger partial charge in [-0.1, -0.05) is 48.5 Å². The Morgan fingerprint density at radius 3 is 2.48 bits per heavy atom. The van der Waals surface area contributed by atoms with Gasteiger partial charge in [-0.2, -0.15) is 0 Å². The van der Waals surface area contributed by atoms with Gasteiger partial charge in [0.05, 0.1) is 12.6 Å². The third-order valence-electron chi connectivity index (χ3n) is 5.46. The maximum absolute atomic E-state index is 13.3. The third-order valence-corrected chi connectivity index (χ3v) is 5.46. The van der Waals surface area contributed by atoms with Crippen molar-refractivity contribution < 1.29 is 24.2 Å². The number of amides is 1. The molecule has 0 bridgehead atoms. The number of aliphatic carboxylic acids is 1. The summed E-state index contributed by atoms with van der Waals surface area (Å²) in [6, 6.07) is 14.5. The van der Waals surface area contributed by atoms with E-state index in [4.69, 9.17) is 4.74 Å². The summed E-state index contributed by atoms with van der Waals surface area (Å²) in [4.78, 5) is 38.9. The molecule has 0 saturated carbocycles. The van der Waals surface area contributed by atoms with E-state index in [0.717, 1.165) is 11.1 Å². The summed E-state index contributed by atoms with van der Waals surface area (Å²) < 4.78 is 5.19. The van der Waals surface area contributed by atoms with Crippen LogP contribution in [0.4, 0.5) is 5.69 Å². The van der Waals surface area contributed by atoms with Gasteiger partial charge in [-0.15, -0.1) is 0 Å². The number of nitrogens with zero attached hydrogens (tertiary/aromatic N) is 1. The van der Waals surface area contributed by atoms with Crippen molar-refractivity contribution in [1.82, 2.24) is 5.32 Å². The van der Waals surface area contributed by atoms with Crippen molar-refractivity contribution in [3.8, 4) is 0 Å². The summed E-state index contributed by atoms with van der Waals surface area (Å²) >= 11 is 0. The molecule has 0 aromatic heterocycles. The lowest BCUT2D eigenvalue weighted by atomic mass is 10.0. The van der Waals surface area contributed by atoms with Gasteiger partial charge >= 0.3 is 11.9 Å². The van der Waals surface area contributed by atoms with Gasteiger partial charge in [0.15, 0.2) is 0 Å². The molecule has 1 amide bonds. The molecular weight excluding hydrogens is 396 g/mol. The number of rotatable bonds is 9. The Bertz CT molecular complexity index is 931. The molecule has 1 aliphatic heterocycles. The Hall–Kier alpha value is -3.19. The number of ether oxygens (including phenoxy) is 1. The molecule has 0 spiro atoms. The van der Waals surface area contributed by atoms with Gasteiger partial charge in [0, 0.05) is 12.1 Å². The second-order valence-electron chi connectivity index (χ2n) is 7.61. The van der Waals surface area contributed by atoms with E-state index in [-0.39, 0.29) is 18.9 Å². The number of benzene rings is 2. The van der Waals surface area contributed by atoms with Crippen LogP contribution >= 0.6 is 0 Å². The number of carbonyl (C=O) groups is 3. The van der Waals surface area contributed by atoms with E-state index in [0.29, 0.717) is 18.5 Å². The van der Waals surface area contributed by atoms with Gasteiger partial charge in [0.1, 0.15) is 12.1 Å². The molecule has 1 aliphatic rings. The first kappa shape index (κ1) is 22.5. The minimum atomic E-state index is -1.05. The topological polar surface area (TPSA) is 95.9 Å². The standard InChI is InChI=1S/C24H28N2O5/c1-3-31-24(30)19(14-13-17-9-5-4-6-10-17)25-16(2)22(27)26-20-12-8-7-11-18(20)15-21(26)23(28)29/h4-12,16,19,21,25H,3,13-15H2,1-2H3,(H,28,29)/t16-,19+,21?/m0/s1. The zero-order valence-corrected chi connectivity index (χ0v) is 17.8. The average Bonchev–Trinajstić information content (AvgIpc) is 3.16. The van der Waals surface area contributed by atoms with Crippen molar-refractivity contribution in [2.24, 2.45) is 0 Å². The molecule has 31 heavy (non-hydrogen) atoms. The highest BCUT2D eigenvalue weighted by molar-refractivity contribution is 6.04. The molecule has 1 heterocycles. The molecule has 2 aromatic carbocycles. The summed E-state index contributed by atoms with van der Waals surface area (Å²) in [5.74, 6) is -1.86. The minimum absolute atomic E-state index is 0.241. The lowest BCUT2D eigenvalue weighted by molar-refractivity contribution is -0.146. The molecule has 3 atom stereocenters. The van der Waals surface area contributed by atoms with Crippen LogP contribution in [0.3, 0.4) is 0 Å². The highest BCUT2D eigenvalue weighted by Gasteiger charge is 2.40. The Morgan fingerprint density at radius 2 is 1.81 bits per heavy atom. The minimum Gasteiger partial charge on any atom is -0.480 e. The number of esters is 1. The number of para-hydroxylation sites is 1. The van der Waals surface area contributed by atoms with Gasteiger partial charge in [-0.3, -0.25) is 19.8 Å². The highest BCUT2D eigenvalue weighted by Crippen LogP contribution is 2.32. The third kappa shape index (κ3) is 5.30. The molecule has 2 aromatic rings. The van der Waals surface area contributed by atoms with Crippen LogP contribution in [0.5, 0.6) is 0 Å². The SMILES string of the molecule is CCOC(=O)[C@@H](CCc1ccccc1)N[C@@H](C)C(=O)N1c2ccccc2CC1C(=O)O. The van der Waals surface area contributed by atoms with Crippen molar-refractivity contribution in [3.05, 3.63) is 65.7 Å². The average molecular weight is 424 g/mol. The Labute approximate surface area is 182 Å². The molecule has 0 radical (unpaired) electrons. The highest BCUT2D eigenvalue weighted by atomic mass is 16.5. The summed E-state index contributed by atoms with van der Waals surface area (Å²) in [5, 5.41) is 12.7. The maximum Gasteiger partial charge on any atom is 0.327 e. The van der Waals surface area contributed by atoms with Gasteiger partial charge in [-0.05, 0) is 43.9 Å². The van der Waals surface area contributed by atoms with Gasteiger partial charge in [-0.25, -0.2) is 4.79 Å². The van der Waals surface area contributed by atoms with Crippen molar-refractivity contribution in [2.45, 2.75) is 51.2 Å². The van der Waals surface area contributed by atoms with Crippen LogP contribution in [-0.4, -0.2) is 47.7 Å². The lowest BCUT2D eigenvalue weighted by Crippen LogP contribution is -2.54. The van der Waals surface area contributed by atoms with Crippen molar-refractivity contribution >= 4 is 23.5 Å². The van der Waals surface area contributed by atoms with Gasteiger partial charge < -0.3 is 9.84 Å². The lowest BCUT2D eigenvalue weighted by Gasteiger charge is -2.28. The van der Waals surface area contributed by atoms with Gasteiger partial charge in [0.25, 0.3) is 0 Å². The number of fused-ring (bicyclic) bond motifs is 1. The van der Waals surface area contributed by atoms with Crippen LogP contribution in [0, 0.1) is 0 Å². The van der Waals surface area contributed by atoms with E-state index in [1.807, 2.05) is 42.5 Å². The van der Waals surface area contributed by atoms with E-state index < -0.39 is 30.1 Å². The predicted molar refractivity (Wildman–Crippen MR) is 117 cm³/mol. The smallest absolute Gasteiger partial charge is 0.327 e. The fraction of sp³-hybridized carbons (Fsp3) is 0.375. The summed E-state index contributed by atoms with van der Waals surface area (Å²) in [6.07, 6.45) is 1.36. The first-order valence-electron chi connectivity index (χ1n) is 10.5. The first-order chi connectivity index (χ1) is 14.9. The molecule has 2 N–H and O–H groups in total. The van der Waals surface area contributed by atoms with Crippen LogP contribution in [0.15, 0.2) is 54.6 Å². The molecule has 3 rings (SSSR count). The number of carboxylic acid groups (broad SMARTS) is 1. The quantitative estimate of drug-likeness (QED) is 0.601. The fourth-order valence-corrected chi connectivity index (χ4v) is 3.91. The normalized spacial score (nSPS) is 17.0. The van der Waals surface area contributed by atoms with E-state index in [1.165, 1.54) is 4.90 Å². The molecule has 164 valence electrons. The number of carboxylic acids is 1. The zero-order valence-electron chi connectivity index (χ0n) is 17.8. The fourth-order valence-electron chi connectivity index (χ4n) is 3.91. The number of hydrogen-bond donors (Lipinski definition) is 2. The van der Waals surface area contributed by atoms with Crippen LogP contribution in [0.25, 0.3) is 0 Å². The van der Waals surface area contributed by atoms with Crippen LogP contribution in [0.2, 0.25) is 0 Å². The second-order valence-corrected chi connectivity index (χ2v) is 7.61. The molecule has 0 aliphatic carbocycles. The van der Waals surface area contributed by atoms with Gasteiger partial charge in [0.2, 0.25) is 5.91 Å². The van der Waals surface area contributed by atoms with Crippen molar-refractivity contribution in [3.63, 3.8) is 0 Å². The Kier molecular flexibility index (Phi) is 7.41. The van der Waals surface area contributed by atoms with Crippen molar-refractivity contribution in [2.75, 3.05) is 11.5 Å². The first-order valence-corrected chi connectivity index (χ1v) is 10.5. The van der Waals surface area contributed by atoms with Crippen LogP contribution in [-0.2, 0) is 32.0 Å². The zero-order chi connectivity index (χ0) is 22.4. The molecule has 7 heteroatoms. The number of aryl methyl sites for hydroxylation is 1. The number of carbonyl (C=O) groups excluding carboxylic acids is 2. The van der Waals surface area contributed by atoms with E-state index in [1.54, 1.807) is 26.0 Å². The maximum atomic E-state index is 13.3. The summed E-state index contributed by atoms with van der Waals surface area (Å²) in [6.45, 7) is 3.63. The monoisotopic (exact) mass is 424 g/mol. The number of hydrogen-bond acceptors (Lipinski definition) is 5. The van der Waals surface area contributed by atoms with E-state index >= 15 is 0 Å². The molecule has 0 saturated heterocycles. The molecule has 1 unspecified atom stereocenters. The number of nitrogens with one attached hydrogen (secondary N) is 1. The van der Waals surface area contributed by atoms with Crippen LogP contribution in [0.1, 0.15) is 31.4 Å². The predicted octanol–water partition coefficient (Wildman–Crippen LogP) is 2.57.